The normalized spacial score (nSPS) is 21.4. The van der Waals surface area contributed by atoms with E-state index in [1.807, 2.05) is 0 Å². The number of alkyl halides is 3. The van der Waals surface area contributed by atoms with Crippen molar-refractivity contribution in [2.24, 2.45) is 5.41 Å². The number of benzene rings is 1. The third-order valence-electron chi connectivity index (χ3n) is 4.13. The van der Waals surface area contributed by atoms with Gasteiger partial charge in [-0.15, -0.1) is 0 Å². The van der Waals surface area contributed by atoms with E-state index in [4.69, 9.17) is 5.26 Å². The number of nitrogens with zero attached hydrogens (tertiary/aromatic N) is 1. The Bertz CT molecular complexity index is 966. The van der Waals surface area contributed by atoms with Crippen LogP contribution in [0.1, 0.15) is 25.0 Å². The molecule has 0 N–H and O–H groups in total. The summed E-state index contributed by atoms with van der Waals surface area (Å²) in [6.45, 7) is 2.19. The lowest BCUT2D eigenvalue weighted by Gasteiger charge is -2.35. The van der Waals surface area contributed by atoms with E-state index in [0.29, 0.717) is 0 Å². The number of halogens is 3. The molecule has 0 fully saturated rings. The monoisotopic (exact) mass is 369 g/mol. The molecule has 0 aliphatic heterocycles. The molecule has 132 valence electrons. The van der Waals surface area contributed by atoms with E-state index in [2.05, 4.69) is 0 Å². The van der Waals surface area contributed by atoms with E-state index in [1.165, 1.54) is 13.0 Å². The molecule has 1 aromatic carbocycles. The van der Waals surface area contributed by atoms with Gasteiger partial charge in [0.2, 0.25) is 0 Å². The van der Waals surface area contributed by atoms with Gasteiger partial charge in [0.25, 0.3) is 0 Å². The summed E-state index contributed by atoms with van der Waals surface area (Å²) in [5.41, 5.74) is -3.28. The van der Waals surface area contributed by atoms with Crippen LogP contribution in [0.3, 0.4) is 0 Å². The molecule has 0 radical (unpaired) electrons. The molecule has 25 heavy (non-hydrogen) atoms. The van der Waals surface area contributed by atoms with Gasteiger partial charge in [-0.25, -0.2) is 8.42 Å². The maximum atomic E-state index is 13.7. The van der Waals surface area contributed by atoms with Crippen LogP contribution in [0.25, 0.3) is 5.57 Å². The molecule has 0 aromatic heterocycles. The molecule has 1 aromatic rings. The minimum Gasteiger partial charge on any atom is -0.293 e. The Balaban J connectivity index is 2.90. The number of hydrogen-bond acceptors (Lipinski definition) is 4. The van der Waals surface area contributed by atoms with Gasteiger partial charge >= 0.3 is 6.18 Å². The second-order valence-electron chi connectivity index (χ2n) is 6.03. The summed E-state index contributed by atoms with van der Waals surface area (Å²) >= 11 is 0. The maximum absolute atomic E-state index is 13.7. The molecule has 1 aliphatic rings. The van der Waals surface area contributed by atoms with E-state index in [-0.39, 0.29) is 16.7 Å². The number of allylic oxidation sites excluding steroid dienone is 4. The van der Waals surface area contributed by atoms with E-state index in [0.717, 1.165) is 37.5 Å². The van der Waals surface area contributed by atoms with Crippen molar-refractivity contribution in [2.75, 3.05) is 6.26 Å². The summed E-state index contributed by atoms with van der Waals surface area (Å²) in [5, 5.41) is 8.94. The molecule has 1 aliphatic carbocycles. The first-order valence-electron chi connectivity index (χ1n) is 7.08. The Morgan fingerprint density at radius 1 is 1.20 bits per heavy atom. The molecule has 0 saturated carbocycles. The minimum absolute atomic E-state index is 0.00659. The van der Waals surface area contributed by atoms with E-state index in [9.17, 15) is 26.4 Å². The second-order valence-corrected chi connectivity index (χ2v) is 8.01. The van der Waals surface area contributed by atoms with Crippen LogP contribution < -0.4 is 0 Å². The largest absolute Gasteiger partial charge is 0.405 e. The van der Waals surface area contributed by atoms with Crippen molar-refractivity contribution in [3.8, 4) is 6.07 Å². The maximum Gasteiger partial charge on any atom is 0.405 e. The smallest absolute Gasteiger partial charge is 0.293 e. The molecule has 4 nitrogen and oxygen atoms in total. The summed E-state index contributed by atoms with van der Waals surface area (Å²) in [6.07, 6.45) is -2.03. The van der Waals surface area contributed by atoms with Gasteiger partial charge in [0, 0.05) is 6.26 Å². The van der Waals surface area contributed by atoms with Gasteiger partial charge in [0.1, 0.15) is 0 Å². The van der Waals surface area contributed by atoms with E-state index < -0.39 is 37.7 Å². The zero-order chi connectivity index (χ0) is 19.2. The summed E-state index contributed by atoms with van der Waals surface area (Å²) in [7, 11) is -3.94. The van der Waals surface area contributed by atoms with Gasteiger partial charge in [-0.1, -0.05) is 12.1 Å². The average Bonchev–Trinajstić information content (AvgIpc) is 2.48. The Morgan fingerprint density at radius 3 is 2.28 bits per heavy atom. The lowest BCUT2D eigenvalue weighted by molar-refractivity contribution is -0.195. The molecule has 1 atom stereocenters. The van der Waals surface area contributed by atoms with Crippen LogP contribution in [0.2, 0.25) is 0 Å². The third-order valence-corrected chi connectivity index (χ3v) is 5.27. The lowest BCUT2D eigenvalue weighted by Crippen LogP contribution is -2.44. The van der Waals surface area contributed by atoms with Gasteiger partial charge < -0.3 is 0 Å². The zero-order valence-electron chi connectivity index (χ0n) is 13.6. The first-order chi connectivity index (χ1) is 11.3. The van der Waals surface area contributed by atoms with Crippen LogP contribution in [0, 0.1) is 16.7 Å². The number of rotatable bonds is 2. The summed E-state index contributed by atoms with van der Waals surface area (Å²) < 4.78 is 65.3. The number of ketones is 1. The Labute approximate surface area is 143 Å². The lowest BCUT2D eigenvalue weighted by atomic mass is 9.70. The fraction of sp³-hybridized carbons (Fsp3) is 0.294. The molecule has 0 bridgehead atoms. The molecule has 0 heterocycles. The topological polar surface area (TPSA) is 75.0 Å². The predicted molar refractivity (Wildman–Crippen MR) is 85.2 cm³/mol. The standard InChI is InChI=1S/C17H14F3NO3S/c1-10-6-13(16(2,15(22)7-10)17(18,19)20)12-5-4-11(9-21)8-14(12)25(3,23)24/h4-8H,1-3H3. The number of sulfone groups is 1. The molecule has 0 saturated heterocycles. The molecule has 8 heteroatoms. The van der Waals surface area contributed by atoms with Crippen molar-refractivity contribution in [1.82, 2.24) is 0 Å². The van der Waals surface area contributed by atoms with Gasteiger partial charge in [-0.2, -0.15) is 18.4 Å². The number of carbonyl (C=O) groups excluding carboxylic acids is 1. The summed E-state index contributed by atoms with van der Waals surface area (Å²) in [4.78, 5) is 11.8. The zero-order valence-corrected chi connectivity index (χ0v) is 14.4. The molecular formula is C17H14F3NO3S. The number of nitriles is 1. The van der Waals surface area contributed by atoms with Crippen LogP contribution in [0.15, 0.2) is 40.8 Å². The Kier molecular flexibility index (Phi) is 4.43. The molecule has 1 unspecified atom stereocenters. The highest BCUT2D eigenvalue weighted by Gasteiger charge is 2.59. The highest BCUT2D eigenvalue weighted by atomic mass is 32.2. The first kappa shape index (κ1) is 18.9. The van der Waals surface area contributed by atoms with Crippen molar-refractivity contribution < 1.29 is 26.4 Å². The van der Waals surface area contributed by atoms with Gasteiger partial charge in [0.05, 0.1) is 16.5 Å². The SMILES string of the molecule is CC1=CC(=O)C(C)(C(F)(F)F)C(c2ccc(C#N)cc2S(C)(=O)=O)=C1. The van der Waals surface area contributed by atoms with Gasteiger partial charge in [0.15, 0.2) is 21.0 Å². The summed E-state index contributed by atoms with van der Waals surface area (Å²) in [5.74, 6) is -1.17. The van der Waals surface area contributed by atoms with E-state index >= 15 is 0 Å². The predicted octanol–water partition coefficient (Wildman–Crippen LogP) is 3.44. The van der Waals surface area contributed by atoms with Crippen LogP contribution in [-0.2, 0) is 14.6 Å². The molecule has 0 amide bonds. The van der Waals surface area contributed by atoms with Crippen molar-refractivity contribution in [1.29, 1.82) is 5.26 Å². The fourth-order valence-electron chi connectivity index (χ4n) is 2.66. The number of hydrogen-bond donors (Lipinski definition) is 0. The first-order valence-corrected chi connectivity index (χ1v) is 8.97. The second kappa shape index (κ2) is 5.85. The third kappa shape index (κ3) is 3.12. The van der Waals surface area contributed by atoms with E-state index in [1.54, 1.807) is 6.07 Å². The molecule has 2 rings (SSSR count). The molecule has 0 spiro atoms. The van der Waals surface area contributed by atoms with Crippen LogP contribution in [0.4, 0.5) is 13.2 Å². The quantitative estimate of drug-likeness (QED) is 0.800. The van der Waals surface area contributed by atoms with Gasteiger partial charge in [-0.05, 0) is 48.8 Å². The highest BCUT2D eigenvalue weighted by molar-refractivity contribution is 7.90. The fourth-order valence-corrected chi connectivity index (χ4v) is 3.58. The number of carbonyl (C=O) groups is 1. The van der Waals surface area contributed by atoms with Crippen LogP contribution in [-0.4, -0.2) is 26.6 Å². The van der Waals surface area contributed by atoms with Crippen LogP contribution >= 0.6 is 0 Å². The Morgan fingerprint density at radius 2 is 1.80 bits per heavy atom. The molecular weight excluding hydrogens is 355 g/mol. The van der Waals surface area contributed by atoms with Crippen molar-refractivity contribution in [2.45, 2.75) is 24.9 Å². The average molecular weight is 369 g/mol. The minimum atomic E-state index is -4.92. The van der Waals surface area contributed by atoms with Crippen molar-refractivity contribution >= 4 is 21.2 Å². The van der Waals surface area contributed by atoms with Crippen LogP contribution in [0.5, 0.6) is 0 Å². The van der Waals surface area contributed by atoms with Crippen molar-refractivity contribution in [3.63, 3.8) is 0 Å². The van der Waals surface area contributed by atoms with Crippen molar-refractivity contribution in [3.05, 3.63) is 47.1 Å². The highest BCUT2D eigenvalue weighted by Crippen LogP contribution is 2.52. The summed E-state index contributed by atoms with van der Waals surface area (Å²) in [6, 6.07) is 5.13. The van der Waals surface area contributed by atoms with Gasteiger partial charge in [-0.3, -0.25) is 4.79 Å². The Hall–Kier alpha value is -2.40.